The van der Waals surface area contributed by atoms with E-state index in [0.29, 0.717) is 30.8 Å². The first-order valence-corrected chi connectivity index (χ1v) is 13.1. The van der Waals surface area contributed by atoms with E-state index >= 15 is 0 Å². The van der Waals surface area contributed by atoms with Gasteiger partial charge in [0.2, 0.25) is 5.95 Å². The van der Waals surface area contributed by atoms with Gasteiger partial charge in [0.1, 0.15) is 0 Å². The van der Waals surface area contributed by atoms with E-state index < -0.39 is 21.8 Å². The van der Waals surface area contributed by atoms with Crippen LogP contribution in [0.25, 0.3) is 11.3 Å². The largest absolute Gasteiger partial charge is 0.324 e. The summed E-state index contributed by atoms with van der Waals surface area (Å²) in [5, 5.41) is 3.20. The summed E-state index contributed by atoms with van der Waals surface area (Å²) in [5.41, 5.74) is 6.06. The molecule has 4 aromatic rings. The zero-order chi connectivity index (χ0) is 25.3. The number of rotatable bonds is 7. The highest BCUT2D eigenvalue weighted by Gasteiger charge is 2.28. The molecule has 1 aliphatic rings. The van der Waals surface area contributed by atoms with Crippen molar-refractivity contribution in [2.45, 2.75) is 25.2 Å². The van der Waals surface area contributed by atoms with Crippen molar-refractivity contribution in [3.05, 3.63) is 107 Å². The second kappa shape index (κ2) is 9.75. The topological polar surface area (TPSA) is 92.2 Å². The van der Waals surface area contributed by atoms with Crippen molar-refractivity contribution in [1.29, 1.82) is 0 Å². The van der Waals surface area contributed by atoms with Crippen LogP contribution < -0.4 is 5.32 Å². The highest BCUT2D eigenvalue weighted by atomic mass is 32.2. The average molecular weight is 508 g/mol. The minimum atomic E-state index is -3.96. The molecule has 0 spiro atoms. The first-order chi connectivity index (χ1) is 17.3. The Morgan fingerprint density at radius 1 is 1.00 bits per heavy atom. The number of nitrogens with one attached hydrogen (secondary N) is 1. The Kier molecular flexibility index (Phi) is 6.51. The summed E-state index contributed by atoms with van der Waals surface area (Å²) < 4.78 is 58.1. The lowest BCUT2D eigenvalue weighted by Gasteiger charge is -2.27. The third-order valence-electron chi connectivity index (χ3n) is 6.30. The molecule has 5 rings (SSSR count). The molecule has 0 saturated heterocycles. The van der Waals surface area contributed by atoms with Crippen LogP contribution in [0.3, 0.4) is 0 Å². The van der Waals surface area contributed by atoms with Gasteiger partial charge in [-0.3, -0.25) is 4.55 Å². The maximum Gasteiger partial charge on any atom is 0.264 e. The van der Waals surface area contributed by atoms with Gasteiger partial charge in [-0.2, -0.15) is 8.42 Å². The van der Waals surface area contributed by atoms with E-state index in [2.05, 4.69) is 10.3 Å². The van der Waals surface area contributed by atoms with E-state index in [1.54, 1.807) is 12.3 Å². The lowest BCUT2D eigenvalue weighted by molar-refractivity contribution is 0.481. The lowest BCUT2D eigenvalue weighted by Crippen LogP contribution is -2.15. The van der Waals surface area contributed by atoms with Gasteiger partial charge >= 0.3 is 0 Å². The SMILES string of the molecule is O=S(=O)(O)CCCc1ccc(Nc2ncc3c(n2)-c2ccccc2[C@@H](c2ccc(F)c(F)c2)C3)cc1. The number of fused-ring (bicyclic) bond motifs is 3. The zero-order valence-electron chi connectivity index (χ0n) is 19.2. The molecule has 0 radical (unpaired) electrons. The van der Waals surface area contributed by atoms with Gasteiger partial charge in [-0.15, -0.1) is 0 Å². The number of anilines is 2. The van der Waals surface area contributed by atoms with Crippen LogP contribution in [-0.2, 0) is 23.0 Å². The normalized spacial score (nSPS) is 14.7. The number of aryl methyl sites for hydroxylation is 1. The van der Waals surface area contributed by atoms with Crippen molar-refractivity contribution in [3.8, 4) is 11.3 Å². The molecule has 36 heavy (non-hydrogen) atoms. The van der Waals surface area contributed by atoms with Crippen LogP contribution in [0.4, 0.5) is 20.4 Å². The summed E-state index contributed by atoms with van der Waals surface area (Å²) in [4.78, 5) is 9.23. The van der Waals surface area contributed by atoms with Crippen molar-refractivity contribution < 1.29 is 21.8 Å². The standard InChI is InChI=1S/C27H23F2N3O3S/c28-24-12-9-18(15-25(24)29)23-14-19-16-30-27(32-26(19)22-6-2-1-5-21(22)23)31-20-10-7-17(8-11-20)4-3-13-36(33,34)35/h1-2,5-12,15-16,23H,3-4,13-14H2,(H,30,31,32)(H,33,34,35)/t23-/m1/s1. The van der Waals surface area contributed by atoms with Gasteiger partial charge in [-0.05, 0) is 65.8 Å². The van der Waals surface area contributed by atoms with Crippen molar-refractivity contribution in [1.82, 2.24) is 9.97 Å². The van der Waals surface area contributed by atoms with Crippen LogP contribution >= 0.6 is 0 Å². The van der Waals surface area contributed by atoms with E-state index in [-0.39, 0.29) is 11.7 Å². The summed E-state index contributed by atoms with van der Waals surface area (Å²) in [5.74, 6) is -1.72. The maximum absolute atomic E-state index is 14.0. The monoisotopic (exact) mass is 507 g/mol. The summed E-state index contributed by atoms with van der Waals surface area (Å²) in [7, 11) is -3.96. The highest BCUT2D eigenvalue weighted by molar-refractivity contribution is 7.85. The molecule has 184 valence electrons. The second-order valence-electron chi connectivity index (χ2n) is 8.80. The van der Waals surface area contributed by atoms with Crippen LogP contribution in [0.15, 0.2) is 72.9 Å². The lowest BCUT2D eigenvalue weighted by atomic mass is 9.78. The summed E-state index contributed by atoms with van der Waals surface area (Å²) in [6.45, 7) is 0. The van der Waals surface area contributed by atoms with Crippen molar-refractivity contribution in [3.63, 3.8) is 0 Å². The fraction of sp³-hybridized carbons (Fsp3) is 0.185. The Bertz CT molecular complexity index is 1530. The van der Waals surface area contributed by atoms with Crippen LogP contribution in [0, 0.1) is 11.6 Å². The van der Waals surface area contributed by atoms with E-state index in [0.717, 1.165) is 39.7 Å². The number of hydrogen-bond donors (Lipinski definition) is 2. The number of nitrogens with zero attached hydrogens (tertiary/aromatic N) is 2. The molecule has 1 heterocycles. The van der Waals surface area contributed by atoms with Gasteiger partial charge in [0.25, 0.3) is 10.1 Å². The molecule has 1 aromatic heterocycles. The predicted molar refractivity (Wildman–Crippen MR) is 134 cm³/mol. The molecule has 1 atom stereocenters. The smallest absolute Gasteiger partial charge is 0.264 e. The third kappa shape index (κ3) is 5.27. The van der Waals surface area contributed by atoms with E-state index in [9.17, 15) is 17.2 Å². The zero-order valence-corrected chi connectivity index (χ0v) is 20.0. The summed E-state index contributed by atoms with van der Waals surface area (Å²) in [6.07, 6.45) is 3.20. The number of benzene rings is 3. The number of aromatic nitrogens is 2. The van der Waals surface area contributed by atoms with Gasteiger partial charge < -0.3 is 5.32 Å². The molecular formula is C27H23F2N3O3S. The van der Waals surface area contributed by atoms with Crippen LogP contribution in [-0.4, -0.2) is 28.7 Å². The molecule has 0 amide bonds. The number of halogens is 2. The molecule has 0 bridgehead atoms. The molecular weight excluding hydrogens is 484 g/mol. The molecule has 0 saturated carbocycles. The molecule has 3 aromatic carbocycles. The predicted octanol–water partition coefficient (Wildman–Crippen LogP) is 5.67. The second-order valence-corrected chi connectivity index (χ2v) is 10.4. The molecule has 6 nitrogen and oxygen atoms in total. The number of hydrogen-bond acceptors (Lipinski definition) is 5. The minimum Gasteiger partial charge on any atom is -0.324 e. The van der Waals surface area contributed by atoms with Crippen LogP contribution in [0.1, 0.15) is 34.6 Å². The highest BCUT2D eigenvalue weighted by Crippen LogP contribution is 2.42. The Morgan fingerprint density at radius 2 is 1.78 bits per heavy atom. The first-order valence-electron chi connectivity index (χ1n) is 11.5. The molecule has 1 aliphatic carbocycles. The fourth-order valence-electron chi connectivity index (χ4n) is 4.57. The first kappa shape index (κ1) is 24.0. The van der Waals surface area contributed by atoms with Gasteiger partial charge in [-0.1, -0.05) is 42.5 Å². The molecule has 2 N–H and O–H groups in total. The van der Waals surface area contributed by atoms with E-state index in [1.807, 2.05) is 48.5 Å². The fourth-order valence-corrected chi connectivity index (χ4v) is 5.07. The third-order valence-corrected chi connectivity index (χ3v) is 7.11. The molecule has 0 unspecified atom stereocenters. The van der Waals surface area contributed by atoms with Gasteiger partial charge in [0.05, 0.1) is 11.4 Å². The van der Waals surface area contributed by atoms with Crippen molar-refractivity contribution in [2.24, 2.45) is 0 Å². The van der Waals surface area contributed by atoms with Crippen molar-refractivity contribution >= 4 is 21.8 Å². The van der Waals surface area contributed by atoms with Crippen molar-refractivity contribution in [2.75, 3.05) is 11.1 Å². The Labute approximate surface area is 207 Å². The summed E-state index contributed by atoms with van der Waals surface area (Å²) >= 11 is 0. The quantitative estimate of drug-likeness (QED) is 0.313. The van der Waals surface area contributed by atoms with E-state index in [4.69, 9.17) is 9.54 Å². The minimum absolute atomic E-state index is 0.139. The summed E-state index contributed by atoms with van der Waals surface area (Å²) in [6, 6.07) is 19.3. The average Bonchev–Trinajstić information content (AvgIpc) is 2.86. The van der Waals surface area contributed by atoms with Gasteiger partial charge in [-0.25, -0.2) is 18.7 Å². The van der Waals surface area contributed by atoms with Crippen LogP contribution in [0.5, 0.6) is 0 Å². The van der Waals surface area contributed by atoms with Gasteiger partial charge in [0.15, 0.2) is 11.6 Å². The van der Waals surface area contributed by atoms with Crippen LogP contribution in [0.2, 0.25) is 0 Å². The maximum atomic E-state index is 14.0. The molecule has 0 aliphatic heterocycles. The molecule has 0 fully saturated rings. The molecule has 9 heteroatoms. The van der Waals surface area contributed by atoms with E-state index in [1.165, 1.54) is 6.07 Å². The Hall–Kier alpha value is -3.69. The Balaban J connectivity index is 1.37. The Morgan fingerprint density at radius 3 is 2.53 bits per heavy atom. The van der Waals surface area contributed by atoms with Gasteiger partial charge in [0, 0.05) is 23.4 Å².